The summed E-state index contributed by atoms with van der Waals surface area (Å²) in [5.41, 5.74) is 0.401. The van der Waals surface area contributed by atoms with Crippen LogP contribution in [0.3, 0.4) is 0 Å². The quantitative estimate of drug-likeness (QED) is 0.637. The molecule has 0 saturated heterocycles. The minimum Gasteiger partial charge on any atom is -0.332 e. The SMILES string of the molecule is CCOP(OCC)C(F)c1ccc2sc(C(=O)OF)cc2c1. The summed E-state index contributed by atoms with van der Waals surface area (Å²) >= 11 is 1.09. The minimum absolute atomic E-state index is 0.127. The van der Waals surface area contributed by atoms with Gasteiger partial charge in [0.05, 0.1) is 13.2 Å². The van der Waals surface area contributed by atoms with Crippen LogP contribution in [0.25, 0.3) is 10.1 Å². The van der Waals surface area contributed by atoms with Gasteiger partial charge in [0.2, 0.25) is 8.38 Å². The molecule has 4 nitrogen and oxygen atoms in total. The first kappa shape index (κ1) is 17.2. The summed E-state index contributed by atoms with van der Waals surface area (Å²) in [7, 11) is -1.68. The predicted molar refractivity (Wildman–Crippen MR) is 82.4 cm³/mol. The number of alkyl halides is 1. The predicted octanol–water partition coefficient (Wildman–Crippen LogP) is 5.30. The van der Waals surface area contributed by atoms with Gasteiger partial charge in [0.15, 0.2) is 5.91 Å². The molecule has 0 amide bonds. The smallest absolute Gasteiger partial charge is 0.332 e. The monoisotopic (exact) mass is 348 g/mol. The van der Waals surface area contributed by atoms with E-state index in [4.69, 9.17) is 9.05 Å². The Morgan fingerprint density at radius 3 is 2.55 bits per heavy atom. The first-order valence-electron chi connectivity index (χ1n) is 6.66. The fraction of sp³-hybridized carbons (Fsp3) is 0.357. The molecule has 0 saturated carbocycles. The Balaban J connectivity index is 2.29. The van der Waals surface area contributed by atoms with Crippen molar-refractivity contribution in [1.82, 2.24) is 0 Å². The van der Waals surface area contributed by atoms with Gasteiger partial charge >= 0.3 is 5.97 Å². The van der Waals surface area contributed by atoms with E-state index in [1.807, 2.05) is 0 Å². The van der Waals surface area contributed by atoms with Gasteiger partial charge in [-0.1, -0.05) is 6.07 Å². The molecule has 8 heteroatoms. The first-order valence-corrected chi connectivity index (χ1v) is 8.72. The fourth-order valence-electron chi connectivity index (χ4n) is 1.89. The van der Waals surface area contributed by atoms with Gasteiger partial charge in [-0.2, -0.15) is 0 Å². The van der Waals surface area contributed by atoms with Crippen molar-refractivity contribution in [1.29, 1.82) is 0 Å². The maximum Gasteiger partial charge on any atom is 0.389 e. The third kappa shape index (κ3) is 3.79. The number of hydrogen-bond donors (Lipinski definition) is 0. The van der Waals surface area contributed by atoms with Crippen molar-refractivity contribution in [3.63, 3.8) is 0 Å². The number of hydrogen-bond acceptors (Lipinski definition) is 5. The van der Waals surface area contributed by atoms with Crippen molar-refractivity contribution in [3.8, 4) is 0 Å². The molecule has 1 aromatic carbocycles. The van der Waals surface area contributed by atoms with E-state index in [1.165, 1.54) is 6.07 Å². The van der Waals surface area contributed by atoms with Crippen LogP contribution < -0.4 is 0 Å². The van der Waals surface area contributed by atoms with Gasteiger partial charge in [-0.15, -0.1) is 11.3 Å². The molecule has 1 heterocycles. The van der Waals surface area contributed by atoms with Crippen molar-refractivity contribution in [3.05, 3.63) is 34.7 Å². The third-order valence-electron chi connectivity index (χ3n) is 2.78. The van der Waals surface area contributed by atoms with Crippen molar-refractivity contribution >= 4 is 35.8 Å². The molecule has 1 atom stereocenters. The maximum absolute atomic E-state index is 14.6. The highest BCUT2D eigenvalue weighted by atomic mass is 32.1. The van der Waals surface area contributed by atoms with Crippen LogP contribution in [0.5, 0.6) is 0 Å². The van der Waals surface area contributed by atoms with Gasteiger partial charge in [-0.25, -0.2) is 14.1 Å². The lowest BCUT2D eigenvalue weighted by molar-refractivity contribution is -0.0783. The van der Waals surface area contributed by atoms with Crippen LogP contribution in [-0.2, 0) is 14.0 Å². The molecule has 0 aliphatic heterocycles. The molecule has 22 heavy (non-hydrogen) atoms. The molecule has 2 rings (SSSR count). The van der Waals surface area contributed by atoms with E-state index in [1.54, 1.807) is 32.0 Å². The van der Waals surface area contributed by atoms with E-state index in [0.29, 0.717) is 24.2 Å². The Hall–Kier alpha value is -1.14. The standard InChI is InChI=1S/C14H15F2O4PS/c1-3-18-21(19-4-2)13(15)9-5-6-11-10(7-9)8-12(22-11)14(17)20-16/h5-8,13H,3-4H2,1-2H3. The Morgan fingerprint density at radius 1 is 1.27 bits per heavy atom. The number of benzene rings is 1. The van der Waals surface area contributed by atoms with E-state index in [0.717, 1.165) is 16.0 Å². The lowest BCUT2D eigenvalue weighted by Gasteiger charge is -2.19. The second-order valence-electron chi connectivity index (χ2n) is 4.23. The second kappa shape index (κ2) is 7.92. The van der Waals surface area contributed by atoms with Crippen LogP contribution in [0.2, 0.25) is 0 Å². The zero-order chi connectivity index (χ0) is 16.1. The molecular weight excluding hydrogens is 333 g/mol. The van der Waals surface area contributed by atoms with Crippen LogP contribution >= 0.6 is 19.7 Å². The fourth-order valence-corrected chi connectivity index (χ4v) is 4.05. The van der Waals surface area contributed by atoms with Crippen LogP contribution in [0.4, 0.5) is 8.92 Å². The maximum atomic E-state index is 14.6. The van der Waals surface area contributed by atoms with E-state index in [-0.39, 0.29) is 4.88 Å². The molecule has 0 fully saturated rings. The summed E-state index contributed by atoms with van der Waals surface area (Å²) < 4.78 is 37.9. The molecule has 0 spiro atoms. The van der Waals surface area contributed by atoms with Gasteiger partial charge in [0.25, 0.3) is 0 Å². The molecule has 120 valence electrons. The topological polar surface area (TPSA) is 44.8 Å². The van der Waals surface area contributed by atoms with Crippen molar-refractivity contribution < 1.29 is 27.7 Å². The van der Waals surface area contributed by atoms with Gasteiger partial charge in [-0.05, 0) is 43.0 Å². The van der Waals surface area contributed by atoms with Crippen LogP contribution in [0.15, 0.2) is 24.3 Å². The molecule has 0 aliphatic carbocycles. The Labute approximate surface area is 131 Å². The average Bonchev–Trinajstić information content (AvgIpc) is 2.96. The van der Waals surface area contributed by atoms with Gasteiger partial charge in [0.1, 0.15) is 4.88 Å². The highest BCUT2D eigenvalue weighted by Gasteiger charge is 2.25. The zero-order valence-corrected chi connectivity index (χ0v) is 13.8. The normalized spacial score (nSPS) is 12.8. The zero-order valence-electron chi connectivity index (χ0n) is 12.0. The highest BCUT2D eigenvalue weighted by Crippen LogP contribution is 2.54. The Bertz CT molecular complexity index is 643. The summed E-state index contributed by atoms with van der Waals surface area (Å²) in [6.07, 6.45) is 0. The van der Waals surface area contributed by atoms with E-state index in [2.05, 4.69) is 4.94 Å². The third-order valence-corrected chi connectivity index (χ3v) is 5.57. The van der Waals surface area contributed by atoms with Crippen LogP contribution in [0, 0.1) is 0 Å². The number of halogens is 2. The number of carbonyl (C=O) groups excluding carboxylic acids is 1. The molecule has 0 radical (unpaired) electrons. The van der Waals surface area contributed by atoms with Crippen LogP contribution in [0.1, 0.15) is 35.0 Å². The minimum atomic E-state index is -1.68. The highest BCUT2D eigenvalue weighted by molar-refractivity contribution is 7.47. The van der Waals surface area contributed by atoms with Crippen molar-refractivity contribution in [2.75, 3.05) is 13.2 Å². The van der Waals surface area contributed by atoms with Crippen molar-refractivity contribution in [2.24, 2.45) is 0 Å². The summed E-state index contributed by atoms with van der Waals surface area (Å²) in [6, 6.07) is 6.38. The molecule has 0 aliphatic rings. The van der Waals surface area contributed by atoms with E-state index < -0.39 is 20.3 Å². The number of fused-ring (bicyclic) bond motifs is 1. The number of thiophene rings is 1. The van der Waals surface area contributed by atoms with Gasteiger partial charge in [0, 0.05) is 9.23 Å². The Morgan fingerprint density at radius 2 is 1.95 bits per heavy atom. The first-order chi connectivity index (χ1) is 10.6. The molecule has 0 bridgehead atoms. The molecule has 0 N–H and O–H groups in total. The molecule has 1 aromatic heterocycles. The molecule has 1 unspecified atom stereocenters. The summed E-state index contributed by atoms with van der Waals surface area (Å²) in [4.78, 5) is 14.5. The van der Waals surface area contributed by atoms with Gasteiger partial charge < -0.3 is 9.05 Å². The number of rotatable bonds is 7. The molecule has 2 aromatic rings. The summed E-state index contributed by atoms with van der Waals surface area (Å²) in [5.74, 6) is -2.44. The Kier molecular flexibility index (Phi) is 6.20. The molecular formula is C14H15F2O4PS. The van der Waals surface area contributed by atoms with Crippen molar-refractivity contribution in [2.45, 2.75) is 19.8 Å². The average molecular weight is 348 g/mol. The summed E-state index contributed by atoms with van der Waals surface area (Å²) in [6.45, 7) is 4.27. The lowest BCUT2D eigenvalue weighted by Crippen LogP contribution is -1.98. The van der Waals surface area contributed by atoms with E-state index >= 15 is 0 Å². The largest absolute Gasteiger partial charge is 0.389 e. The number of carbonyl (C=O) groups is 1. The van der Waals surface area contributed by atoms with E-state index in [9.17, 15) is 13.7 Å². The summed E-state index contributed by atoms with van der Waals surface area (Å²) in [5, 5.41) is 0.647. The second-order valence-corrected chi connectivity index (χ2v) is 6.85. The lowest BCUT2D eigenvalue weighted by atomic mass is 10.2. The van der Waals surface area contributed by atoms with Crippen LogP contribution in [-0.4, -0.2) is 19.2 Å². The van der Waals surface area contributed by atoms with Gasteiger partial charge in [-0.3, -0.25) is 0 Å².